The van der Waals surface area contributed by atoms with Crippen molar-refractivity contribution in [2.24, 2.45) is 0 Å². The Hall–Kier alpha value is -1.13. The molecule has 1 N–H and O–H groups in total. The standard InChI is InChI=1S/C10H12N2OS/c1-2-11-5-9-6-12-10(14-9)8-3-4-13-7-8/h3-4,6-7,11H,2,5H2,1H3. The van der Waals surface area contributed by atoms with Crippen LogP contribution in [0.2, 0.25) is 0 Å². The van der Waals surface area contributed by atoms with Gasteiger partial charge in [0.15, 0.2) is 0 Å². The molecule has 0 atom stereocenters. The molecular weight excluding hydrogens is 196 g/mol. The second-order valence-corrected chi connectivity index (χ2v) is 4.04. The summed E-state index contributed by atoms with van der Waals surface area (Å²) >= 11 is 1.70. The molecule has 14 heavy (non-hydrogen) atoms. The highest BCUT2D eigenvalue weighted by atomic mass is 32.1. The first-order valence-corrected chi connectivity index (χ1v) is 5.40. The van der Waals surface area contributed by atoms with Crippen LogP contribution >= 0.6 is 11.3 Å². The molecule has 2 heterocycles. The predicted octanol–water partition coefficient (Wildman–Crippen LogP) is 2.51. The Bertz CT molecular complexity index is 380. The summed E-state index contributed by atoms with van der Waals surface area (Å²) in [6.45, 7) is 3.98. The van der Waals surface area contributed by atoms with E-state index in [2.05, 4.69) is 17.2 Å². The first-order chi connectivity index (χ1) is 6.90. The van der Waals surface area contributed by atoms with E-state index in [1.165, 1.54) is 4.88 Å². The molecule has 2 aromatic heterocycles. The van der Waals surface area contributed by atoms with Crippen molar-refractivity contribution in [3.63, 3.8) is 0 Å². The third kappa shape index (κ3) is 2.02. The van der Waals surface area contributed by atoms with Crippen molar-refractivity contribution in [2.75, 3.05) is 6.54 Å². The van der Waals surface area contributed by atoms with Gasteiger partial charge >= 0.3 is 0 Å². The number of nitrogens with one attached hydrogen (secondary N) is 1. The summed E-state index contributed by atoms with van der Waals surface area (Å²) < 4.78 is 5.01. The molecule has 2 rings (SSSR count). The molecule has 0 saturated carbocycles. The fourth-order valence-corrected chi connectivity index (χ4v) is 2.02. The smallest absolute Gasteiger partial charge is 0.126 e. The molecule has 0 aliphatic carbocycles. The fourth-order valence-electron chi connectivity index (χ4n) is 1.16. The van der Waals surface area contributed by atoms with Crippen molar-refractivity contribution in [1.29, 1.82) is 0 Å². The van der Waals surface area contributed by atoms with E-state index in [1.54, 1.807) is 23.9 Å². The maximum atomic E-state index is 5.01. The monoisotopic (exact) mass is 208 g/mol. The zero-order valence-corrected chi connectivity index (χ0v) is 8.80. The van der Waals surface area contributed by atoms with E-state index in [4.69, 9.17) is 4.42 Å². The summed E-state index contributed by atoms with van der Waals surface area (Å²) in [5, 5.41) is 4.29. The molecule has 4 heteroatoms. The Morgan fingerprint density at radius 2 is 2.50 bits per heavy atom. The minimum atomic E-state index is 0.895. The third-order valence-corrected chi connectivity index (χ3v) is 2.92. The third-order valence-electron chi connectivity index (χ3n) is 1.87. The van der Waals surface area contributed by atoms with Gasteiger partial charge in [0.2, 0.25) is 0 Å². The molecule has 2 aromatic rings. The summed E-state index contributed by atoms with van der Waals surface area (Å²) in [6.07, 6.45) is 5.30. The molecule has 0 aliphatic rings. The molecular formula is C10H12N2OS. The second kappa shape index (κ2) is 4.39. The van der Waals surface area contributed by atoms with E-state index in [0.717, 1.165) is 23.7 Å². The maximum absolute atomic E-state index is 5.01. The number of furan rings is 1. The summed E-state index contributed by atoms with van der Waals surface area (Å²) in [4.78, 5) is 5.58. The van der Waals surface area contributed by atoms with Crippen molar-refractivity contribution in [2.45, 2.75) is 13.5 Å². The van der Waals surface area contributed by atoms with Gasteiger partial charge in [-0.15, -0.1) is 11.3 Å². The van der Waals surface area contributed by atoms with E-state index in [1.807, 2.05) is 12.3 Å². The topological polar surface area (TPSA) is 38.1 Å². The normalized spacial score (nSPS) is 10.6. The Morgan fingerprint density at radius 1 is 1.57 bits per heavy atom. The van der Waals surface area contributed by atoms with Gasteiger partial charge in [-0.05, 0) is 12.6 Å². The predicted molar refractivity (Wildman–Crippen MR) is 57.2 cm³/mol. The SMILES string of the molecule is CCNCc1cnc(-c2ccoc2)s1. The molecule has 0 saturated heterocycles. The highest BCUT2D eigenvalue weighted by Gasteiger charge is 2.04. The first kappa shape index (κ1) is 9.43. The van der Waals surface area contributed by atoms with Crippen LogP contribution in [0, 0.1) is 0 Å². The zero-order chi connectivity index (χ0) is 9.80. The van der Waals surface area contributed by atoms with Crippen molar-refractivity contribution in [3.8, 4) is 10.6 Å². The fraction of sp³-hybridized carbons (Fsp3) is 0.300. The molecule has 0 spiro atoms. The van der Waals surface area contributed by atoms with Crippen LogP contribution in [0.25, 0.3) is 10.6 Å². The van der Waals surface area contributed by atoms with Gasteiger partial charge in [0.25, 0.3) is 0 Å². The van der Waals surface area contributed by atoms with Crippen LogP contribution in [0.4, 0.5) is 0 Å². The lowest BCUT2D eigenvalue weighted by Crippen LogP contribution is -2.10. The van der Waals surface area contributed by atoms with Crippen LogP contribution in [0.3, 0.4) is 0 Å². The summed E-state index contributed by atoms with van der Waals surface area (Å²) in [5.41, 5.74) is 1.05. The van der Waals surface area contributed by atoms with Gasteiger partial charge in [0, 0.05) is 23.2 Å². The van der Waals surface area contributed by atoms with Crippen LogP contribution in [0.1, 0.15) is 11.8 Å². The summed E-state index contributed by atoms with van der Waals surface area (Å²) in [6, 6.07) is 1.93. The molecule has 0 amide bonds. The van der Waals surface area contributed by atoms with Crippen LogP contribution in [-0.2, 0) is 6.54 Å². The molecule has 0 bridgehead atoms. The molecule has 0 radical (unpaired) electrons. The van der Waals surface area contributed by atoms with E-state index in [0.29, 0.717) is 0 Å². The molecule has 0 fully saturated rings. The summed E-state index contributed by atoms with van der Waals surface area (Å²) in [5.74, 6) is 0. The zero-order valence-electron chi connectivity index (χ0n) is 7.99. The number of thiazole rings is 1. The van der Waals surface area contributed by atoms with Crippen LogP contribution in [0.15, 0.2) is 29.2 Å². The van der Waals surface area contributed by atoms with Crippen molar-refractivity contribution < 1.29 is 4.42 Å². The Morgan fingerprint density at radius 3 is 3.21 bits per heavy atom. The van der Waals surface area contributed by atoms with Gasteiger partial charge in [0.1, 0.15) is 11.3 Å². The van der Waals surface area contributed by atoms with Crippen molar-refractivity contribution in [3.05, 3.63) is 29.7 Å². The average molecular weight is 208 g/mol. The van der Waals surface area contributed by atoms with Gasteiger partial charge in [-0.2, -0.15) is 0 Å². The number of hydrogen-bond acceptors (Lipinski definition) is 4. The Labute approximate surface area is 86.8 Å². The van der Waals surface area contributed by atoms with E-state index >= 15 is 0 Å². The van der Waals surface area contributed by atoms with E-state index < -0.39 is 0 Å². The highest BCUT2D eigenvalue weighted by molar-refractivity contribution is 7.15. The minimum Gasteiger partial charge on any atom is -0.472 e. The van der Waals surface area contributed by atoms with Crippen molar-refractivity contribution >= 4 is 11.3 Å². The van der Waals surface area contributed by atoms with Crippen LogP contribution in [0.5, 0.6) is 0 Å². The number of aromatic nitrogens is 1. The average Bonchev–Trinajstić information content (AvgIpc) is 2.85. The number of nitrogens with zero attached hydrogens (tertiary/aromatic N) is 1. The van der Waals surface area contributed by atoms with Gasteiger partial charge < -0.3 is 9.73 Å². The molecule has 74 valence electrons. The van der Waals surface area contributed by atoms with Gasteiger partial charge in [0.05, 0.1) is 6.26 Å². The molecule has 0 aromatic carbocycles. The maximum Gasteiger partial charge on any atom is 0.126 e. The van der Waals surface area contributed by atoms with E-state index in [-0.39, 0.29) is 0 Å². The first-order valence-electron chi connectivity index (χ1n) is 4.58. The lowest BCUT2D eigenvalue weighted by Gasteiger charge is -1.94. The Balaban J connectivity index is 2.10. The van der Waals surface area contributed by atoms with Crippen molar-refractivity contribution in [1.82, 2.24) is 10.3 Å². The van der Waals surface area contributed by atoms with Crippen LogP contribution in [-0.4, -0.2) is 11.5 Å². The quantitative estimate of drug-likeness (QED) is 0.839. The van der Waals surface area contributed by atoms with Gasteiger partial charge in [-0.25, -0.2) is 4.98 Å². The minimum absolute atomic E-state index is 0.895. The summed E-state index contributed by atoms with van der Waals surface area (Å²) in [7, 11) is 0. The van der Waals surface area contributed by atoms with Crippen LogP contribution < -0.4 is 5.32 Å². The second-order valence-electron chi connectivity index (χ2n) is 2.92. The number of rotatable bonds is 4. The lowest BCUT2D eigenvalue weighted by atomic mass is 10.4. The Kier molecular flexibility index (Phi) is 2.96. The van der Waals surface area contributed by atoms with Gasteiger partial charge in [-0.1, -0.05) is 6.92 Å². The largest absolute Gasteiger partial charge is 0.472 e. The molecule has 0 unspecified atom stereocenters. The molecule has 3 nitrogen and oxygen atoms in total. The molecule has 0 aliphatic heterocycles. The lowest BCUT2D eigenvalue weighted by molar-refractivity contribution is 0.568. The van der Waals surface area contributed by atoms with E-state index in [9.17, 15) is 0 Å². The number of hydrogen-bond donors (Lipinski definition) is 1. The highest BCUT2D eigenvalue weighted by Crippen LogP contribution is 2.25. The van der Waals surface area contributed by atoms with Gasteiger partial charge in [-0.3, -0.25) is 0 Å².